The Bertz CT molecular complexity index is 444. The van der Waals surface area contributed by atoms with Crippen LogP contribution in [0.25, 0.3) is 0 Å². The monoisotopic (exact) mass is 250 g/mol. The van der Waals surface area contributed by atoms with Gasteiger partial charge in [0.1, 0.15) is 6.10 Å². The molecule has 98 valence electrons. The van der Waals surface area contributed by atoms with Crippen molar-refractivity contribution in [1.29, 1.82) is 0 Å². The maximum atomic E-state index is 10.0. The molecular weight excluding hydrogens is 232 g/mol. The smallest absolute Gasteiger partial charge is 0.161 e. The second kappa shape index (κ2) is 4.78. The predicted molar refractivity (Wildman–Crippen MR) is 66.1 cm³/mol. The van der Waals surface area contributed by atoms with Crippen LogP contribution in [0.5, 0.6) is 11.5 Å². The Labute approximate surface area is 106 Å². The van der Waals surface area contributed by atoms with E-state index in [9.17, 15) is 5.11 Å². The number of ether oxygens (including phenoxy) is 3. The van der Waals surface area contributed by atoms with Crippen molar-refractivity contribution in [1.82, 2.24) is 0 Å². The average Bonchev–Trinajstić information content (AvgIpc) is 2.66. The van der Waals surface area contributed by atoms with Gasteiger partial charge in [0.05, 0.1) is 26.4 Å². The zero-order valence-corrected chi connectivity index (χ0v) is 10.5. The number of hydrogen-bond acceptors (Lipinski definition) is 4. The van der Waals surface area contributed by atoms with Crippen LogP contribution >= 0.6 is 0 Å². The number of benzene rings is 1. The quantitative estimate of drug-likeness (QED) is 0.761. The molecule has 1 aromatic rings. The first-order valence-electron chi connectivity index (χ1n) is 6.42. The van der Waals surface area contributed by atoms with E-state index in [1.165, 1.54) is 0 Å². The summed E-state index contributed by atoms with van der Waals surface area (Å²) in [5, 5.41) is 10.0. The number of hydrogen-bond donors (Lipinski definition) is 1. The predicted octanol–water partition coefficient (Wildman–Crippen LogP) is 1.70. The van der Waals surface area contributed by atoms with E-state index in [4.69, 9.17) is 14.2 Å². The number of rotatable bonds is 0. The lowest BCUT2D eigenvalue weighted by Gasteiger charge is -2.15. The van der Waals surface area contributed by atoms with E-state index < -0.39 is 6.10 Å². The van der Waals surface area contributed by atoms with Crippen LogP contribution in [0, 0.1) is 5.92 Å². The molecule has 0 saturated carbocycles. The molecule has 0 aromatic heterocycles. The summed E-state index contributed by atoms with van der Waals surface area (Å²) in [5.74, 6) is 1.90. The molecular formula is C14H18O4. The molecule has 2 aliphatic rings. The van der Waals surface area contributed by atoms with Crippen LogP contribution in [0.2, 0.25) is 0 Å². The first-order chi connectivity index (χ1) is 8.74. The van der Waals surface area contributed by atoms with E-state index in [1.54, 1.807) is 0 Å². The molecule has 0 saturated heterocycles. The minimum absolute atomic E-state index is 0.350. The summed E-state index contributed by atoms with van der Waals surface area (Å²) in [6.07, 6.45) is 0.232. The molecule has 2 atom stereocenters. The molecule has 0 fully saturated rings. The SMILES string of the molecule is CC1COc2cc3c(cc2OC1)C(O)COCC3. The Hall–Kier alpha value is -1.26. The topological polar surface area (TPSA) is 47.9 Å². The number of aliphatic hydroxyl groups is 1. The van der Waals surface area contributed by atoms with Crippen LogP contribution in [0.1, 0.15) is 24.2 Å². The van der Waals surface area contributed by atoms with E-state index in [2.05, 4.69) is 6.92 Å². The maximum Gasteiger partial charge on any atom is 0.161 e. The van der Waals surface area contributed by atoms with Crippen LogP contribution in [0.3, 0.4) is 0 Å². The molecule has 0 spiro atoms. The summed E-state index contributed by atoms with van der Waals surface area (Å²) >= 11 is 0. The highest BCUT2D eigenvalue weighted by atomic mass is 16.5. The largest absolute Gasteiger partial charge is 0.489 e. The third-order valence-corrected chi connectivity index (χ3v) is 3.40. The van der Waals surface area contributed by atoms with Crippen molar-refractivity contribution in [2.45, 2.75) is 19.4 Å². The Balaban J connectivity index is 2.00. The van der Waals surface area contributed by atoms with Crippen molar-refractivity contribution >= 4 is 0 Å². The zero-order chi connectivity index (χ0) is 12.5. The van der Waals surface area contributed by atoms with Gasteiger partial charge >= 0.3 is 0 Å². The van der Waals surface area contributed by atoms with E-state index >= 15 is 0 Å². The van der Waals surface area contributed by atoms with Crippen LogP contribution in [0.4, 0.5) is 0 Å². The lowest BCUT2D eigenvalue weighted by atomic mass is 10.0. The Morgan fingerprint density at radius 1 is 1.11 bits per heavy atom. The van der Waals surface area contributed by atoms with Gasteiger partial charge in [-0.25, -0.2) is 0 Å². The molecule has 2 heterocycles. The summed E-state index contributed by atoms with van der Waals surface area (Å²) in [7, 11) is 0. The Kier molecular flexibility index (Phi) is 3.14. The third-order valence-electron chi connectivity index (χ3n) is 3.40. The van der Waals surface area contributed by atoms with Crippen molar-refractivity contribution < 1.29 is 19.3 Å². The second-order valence-corrected chi connectivity index (χ2v) is 5.07. The second-order valence-electron chi connectivity index (χ2n) is 5.07. The van der Waals surface area contributed by atoms with Crippen molar-refractivity contribution in [3.05, 3.63) is 23.3 Å². The van der Waals surface area contributed by atoms with Gasteiger partial charge in [-0.2, -0.15) is 0 Å². The van der Waals surface area contributed by atoms with Crippen molar-refractivity contribution in [2.75, 3.05) is 26.4 Å². The molecule has 4 heteroatoms. The molecule has 0 radical (unpaired) electrons. The van der Waals surface area contributed by atoms with Gasteiger partial charge in [-0.3, -0.25) is 0 Å². The molecule has 0 bridgehead atoms. The van der Waals surface area contributed by atoms with Gasteiger partial charge in [-0.15, -0.1) is 0 Å². The van der Waals surface area contributed by atoms with E-state index in [0.29, 0.717) is 32.3 Å². The fourth-order valence-corrected chi connectivity index (χ4v) is 2.35. The molecule has 1 aromatic carbocycles. The van der Waals surface area contributed by atoms with Gasteiger partial charge in [0.25, 0.3) is 0 Å². The lowest BCUT2D eigenvalue weighted by Crippen LogP contribution is -2.12. The Morgan fingerprint density at radius 2 is 1.83 bits per heavy atom. The molecule has 0 aliphatic carbocycles. The summed E-state index contributed by atoms with van der Waals surface area (Å²) in [5.41, 5.74) is 2.00. The standard InChI is InChI=1S/C14H18O4/c1-9-6-17-13-4-10-2-3-16-8-12(15)11(10)5-14(13)18-7-9/h4-5,9,12,15H,2-3,6-8H2,1H3. The minimum atomic E-state index is -0.572. The Morgan fingerprint density at radius 3 is 2.61 bits per heavy atom. The van der Waals surface area contributed by atoms with Gasteiger partial charge in [-0.05, 0) is 29.7 Å². The zero-order valence-electron chi connectivity index (χ0n) is 10.5. The van der Waals surface area contributed by atoms with E-state index in [0.717, 1.165) is 29.0 Å². The van der Waals surface area contributed by atoms with E-state index in [1.807, 2.05) is 12.1 Å². The maximum absolute atomic E-state index is 10.0. The third kappa shape index (κ3) is 2.18. The van der Waals surface area contributed by atoms with Crippen molar-refractivity contribution in [3.63, 3.8) is 0 Å². The van der Waals surface area contributed by atoms with Gasteiger partial charge in [0.2, 0.25) is 0 Å². The first-order valence-corrected chi connectivity index (χ1v) is 6.42. The van der Waals surface area contributed by atoms with E-state index in [-0.39, 0.29) is 0 Å². The molecule has 18 heavy (non-hydrogen) atoms. The fourth-order valence-electron chi connectivity index (χ4n) is 2.35. The summed E-state index contributed by atoms with van der Waals surface area (Å²) in [4.78, 5) is 0. The van der Waals surface area contributed by atoms with Crippen LogP contribution < -0.4 is 9.47 Å². The average molecular weight is 250 g/mol. The van der Waals surface area contributed by atoms with Crippen LogP contribution in [0.15, 0.2) is 12.1 Å². The summed E-state index contributed by atoms with van der Waals surface area (Å²) in [6, 6.07) is 3.89. The fraction of sp³-hybridized carbons (Fsp3) is 0.571. The van der Waals surface area contributed by atoms with Crippen LogP contribution in [-0.2, 0) is 11.2 Å². The minimum Gasteiger partial charge on any atom is -0.489 e. The van der Waals surface area contributed by atoms with Crippen molar-refractivity contribution in [3.8, 4) is 11.5 Å². The first kappa shape index (κ1) is 11.8. The molecule has 2 aliphatic heterocycles. The van der Waals surface area contributed by atoms with Gasteiger partial charge in [0.15, 0.2) is 11.5 Å². The molecule has 2 unspecified atom stereocenters. The van der Waals surface area contributed by atoms with Crippen LogP contribution in [-0.4, -0.2) is 31.5 Å². The molecule has 3 rings (SSSR count). The highest BCUT2D eigenvalue weighted by Gasteiger charge is 2.22. The number of fused-ring (bicyclic) bond motifs is 2. The lowest BCUT2D eigenvalue weighted by molar-refractivity contribution is 0.0451. The molecule has 1 N–H and O–H groups in total. The van der Waals surface area contributed by atoms with Gasteiger partial charge < -0.3 is 19.3 Å². The normalized spacial score (nSPS) is 27.0. The summed E-state index contributed by atoms with van der Waals surface area (Å²) < 4.78 is 16.9. The van der Waals surface area contributed by atoms with Crippen molar-refractivity contribution in [2.24, 2.45) is 5.92 Å². The summed E-state index contributed by atoms with van der Waals surface area (Å²) in [6.45, 7) is 4.41. The number of aliphatic hydroxyl groups excluding tert-OH is 1. The molecule has 0 amide bonds. The highest BCUT2D eigenvalue weighted by molar-refractivity contribution is 5.49. The van der Waals surface area contributed by atoms with Gasteiger partial charge in [0, 0.05) is 5.92 Å². The molecule has 4 nitrogen and oxygen atoms in total. The van der Waals surface area contributed by atoms with Gasteiger partial charge in [-0.1, -0.05) is 6.92 Å². The highest BCUT2D eigenvalue weighted by Crippen LogP contribution is 2.36.